The lowest BCUT2D eigenvalue weighted by molar-refractivity contribution is -0.332. The van der Waals surface area contributed by atoms with E-state index in [0.29, 0.717) is 25.7 Å². The van der Waals surface area contributed by atoms with Crippen LogP contribution in [0.1, 0.15) is 232 Å². The molecule has 76 heavy (non-hydrogen) atoms. The number of carbonyl (C=O) groups is 2. The second kappa shape index (κ2) is 47.3. The molecule has 11 atom stereocenters. The molecule has 15 nitrogen and oxygen atoms in total. The van der Waals surface area contributed by atoms with E-state index in [1.54, 1.807) is 0 Å². The van der Waals surface area contributed by atoms with Crippen molar-refractivity contribution in [2.75, 3.05) is 26.4 Å². The fourth-order valence-corrected chi connectivity index (χ4v) is 9.34. The zero-order valence-corrected chi connectivity index (χ0v) is 47.2. The minimum Gasteiger partial charge on any atom is -0.462 e. The quantitative estimate of drug-likeness (QED) is 0.0171. The summed E-state index contributed by atoms with van der Waals surface area (Å²) in [5, 5.41) is 72.3. The molecular formula is C61H108O15. The van der Waals surface area contributed by atoms with Gasteiger partial charge in [0.15, 0.2) is 18.7 Å². The van der Waals surface area contributed by atoms with Gasteiger partial charge in [-0.25, -0.2) is 0 Å². The summed E-state index contributed by atoms with van der Waals surface area (Å²) < 4.78 is 33.6. The van der Waals surface area contributed by atoms with E-state index < -0.39 is 99.3 Å². The summed E-state index contributed by atoms with van der Waals surface area (Å²) in [5.41, 5.74) is 0. The van der Waals surface area contributed by atoms with E-state index in [4.69, 9.17) is 28.4 Å². The number of ether oxygens (including phenoxy) is 6. The van der Waals surface area contributed by atoms with Gasteiger partial charge in [0.25, 0.3) is 0 Å². The van der Waals surface area contributed by atoms with Gasteiger partial charge in [0, 0.05) is 12.8 Å². The molecule has 2 aliphatic heterocycles. The van der Waals surface area contributed by atoms with E-state index in [-0.39, 0.29) is 19.4 Å². The second-order valence-corrected chi connectivity index (χ2v) is 21.2. The van der Waals surface area contributed by atoms with Crippen LogP contribution in [0.15, 0.2) is 48.6 Å². The van der Waals surface area contributed by atoms with Gasteiger partial charge in [0.05, 0.1) is 19.8 Å². The van der Waals surface area contributed by atoms with E-state index in [9.17, 15) is 45.3 Å². The number of hydrogen-bond donors (Lipinski definition) is 7. The topological polar surface area (TPSA) is 231 Å². The van der Waals surface area contributed by atoms with Gasteiger partial charge in [-0.05, 0) is 70.6 Å². The Morgan fingerprint density at radius 3 is 1.28 bits per heavy atom. The molecule has 4 unspecified atom stereocenters. The summed E-state index contributed by atoms with van der Waals surface area (Å²) in [5.74, 6) is -1.02. The lowest BCUT2D eigenvalue weighted by Gasteiger charge is -2.42. The van der Waals surface area contributed by atoms with Gasteiger partial charge in [-0.1, -0.05) is 197 Å². The lowest BCUT2D eigenvalue weighted by atomic mass is 9.98. The molecule has 2 heterocycles. The highest BCUT2D eigenvalue weighted by Crippen LogP contribution is 2.27. The second-order valence-electron chi connectivity index (χ2n) is 21.2. The summed E-state index contributed by atoms with van der Waals surface area (Å²) in [6.45, 7) is 2.54. The molecule has 2 rings (SSSR count). The molecule has 0 amide bonds. The normalized spacial score (nSPS) is 24.6. The average Bonchev–Trinajstić information content (AvgIpc) is 3.41. The van der Waals surface area contributed by atoms with Crippen LogP contribution in [-0.4, -0.2) is 142 Å². The van der Waals surface area contributed by atoms with E-state index in [1.807, 2.05) is 6.08 Å². The Hall–Kier alpha value is -2.54. The van der Waals surface area contributed by atoms with Crippen LogP contribution in [0.4, 0.5) is 0 Å². The first kappa shape index (κ1) is 69.6. The van der Waals surface area contributed by atoms with Crippen LogP contribution >= 0.6 is 0 Å². The van der Waals surface area contributed by atoms with Crippen molar-refractivity contribution in [1.29, 1.82) is 0 Å². The molecule has 0 aromatic rings. The Labute approximate surface area is 458 Å². The molecule has 442 valence electrons. The molecule has 15 heteroatoms. The van der Waals surface area contributed by atoms with Crippen LogP contribution in [0, 0.1) is 0 Å². The Balaban J connectivity index is 1.76. The Morgan fingerprint density at radius 2 is 0.803 bits per heavy atom. The molecule has 2 saturated heterocycles. The van der Waals surface area contributed by atoms with E-state index in [1.165, 1.54) is 148 Å². The van der Waals surface area contributed by atoms with Crippen molar-refractivity contribution in [3.8, 4) is 0 Å². The molecule has 0 aromatic carbocycles. The molecule has 0 aliphatic carbocycles. The van der Waals surface area contributed by atoms with Crippen LogP contribution in [-0.2, 0) is 38.0 Å². The average molecular weight is 1080 g/mol. The summed E-state index contributed by atoms with van der Waals surface area (Å²) in [6.07, 6.45) is 38.7. The standard InChI is InChI=1S/C61H108O15/c1-3-5-7-9-11-13-15-17-19-21-22-23-24-25-26-28-29-31-33-35-37-39-41-43-52(63)71-46-49(74-53(64)44-42-40-38-36-34-32-30-27-20-18-16-14-12-10-8-6-4-2)47-72-60-59(70)57(68)55(66)51(76-60)48-73-61-58(69)56(67)54(65)50(45-62)75-61/h28-30,32,35-38,49-51,54-62,65-70H,3-27,31,33-34,39-48H2,1-2H3/b29-28+,32-30+,37-35+,38-36+/t49-,50+,51+,54-,55-,56?,57?,58?,59?,60+,61+/m0/s1. The van der Waals surface area contributed by atoms with E-state index >= 15 is 0 Å². The number of aliphatic hydroxyl groups excluding tert-OH is 7. The number of unbranched alkanes of at least 4 members (excludes halogenated alkanes) is 26. The van der Waals surface area contributed by atoms with Crippen molar-refractivity contribution in [2.24, 2.45) is 0 Å². The number of allylic oxidation sites excluding steroid dienone is 8. The fraction of sp³-hybridized carbons (Fsp3) is 0.836. The van der Waals surface area contributed by atoms with Crippen molar-refractivity contribution >= 4 is 11.9 Å². The number of rotatable bonds is 48. The third-order valence-electron chi connectivity index (χ3n) is 14.3. The molecule has 0 aromatic heterocycles. The highest BCUT2D eigenvalue weighted by Gasteiger charge is 2.47. The minimum atomic E-state index is -1.78. The maximum Gasteiger partial charge on any atom is 0.306 e. The Bertz CT molecular complexity index is 1500. The van der Waals surface area contributed by atoms with Crippen molar-refractivity contribution in [3.63, 3.8) is 0 Å². The van der Waals surface area contributed by atoms with Crippen molar-refractivity contribution < 1.29 is 73.8 Å². The zero-order chi connectivity index (χ0) is 55.3. The monoisotopic (exact) mass is 1080 g/mol. The van der Waals surface area contributed by atoms with Crippen LogP contribution in [0.5, 0.6) is 0 Å². The maximum absolute atomic E-state index is 13.0. The number of hydrogen-bond acceptors (Lipinski definition) is 15. The SMILES string of the molecule is CCCCCCCCCCC/C=C/C/C=C/CCCC(=O)O[C@@H](COC(=O)CCC/C=C/CC/C=C/CCCCCCCCCCCCCCCC)CO[C@@H]1O[C@H](CO[C@@H]2O[C@H](CO)[C@H](O)C(O)C2O)[C@H](O)C(O)C1O. The molecular weight excluding hydrogens is 973 g/mol. The van der Waals surface area contributed by atoms with Crippen molar-refractivity contribution in [3.05, 3.63) is 48.6 Å². The Morgan fingerprint density at radius 1 is 0.421 bits per heavy atom. The fourth-order valence-electron chi connectivity index (χ4n) is 9.34. The zero-order valence-electron chi connectivity index (χ0n) is 47.2. The first-order chi connectivity index (χ1) is 37.0. The highest BCUT2D eigenvalue weighted by atomic mass is 16.7. The summed E-state index contributed by atoms with van der Waals surface area (Å²) in [7, 11) is 0. The summed E-state index contributed by atoms with van der Waals surface area (Å²) in [4.78, 5) is 25.9. The molecule has 2 fully saturated rings. The summed E-state index contributed by atoms with van der Waals surface area (Å²) >= 11 is 0. The molecule has 0 bridgehead atoms. The Kier molecular flexibility index (Phi) is 43.3. The van der Waals surface area contributed by atoms with Gasteiger partial charge in [0.2, 0.25) is 0 Å². The van der Waals surface area contributed by atoms with E-state index in [0.717, 1.165) is 32.1 Å². The van der Waals surface area contributed by atoms with Crippen LogP contribution in [0.3, 0.4) is 0 Å². The molecule has 7 N–H and O–H groups in total. The third-order valence-corrected chi connectivity index (χ3v) is 14.3. The van der Waals surface area contributed by atoms with Crippen LogP contribution in [0.25, 0.3) is 0 Å². The van der Waals surface area contributed by atoms with Gasteiger partial charge in [-0.15, -0.1) is 0 Å². The van der Waals surface area contributed by atoms with Gasteiger partial charge in [-0.2, -0.15) is 0 Å². The predicted molar refractivity (Wildman–Crippen MR) is 298 cm³/mol. The third kappa shape index (κ3) is 33.8. The molecule has 0 saturated carbocycles. The van der Waals surface area contributed by atoms with Gasteiger partial charge in [0.1, 0.15) is 55.4 Å². The summed E-state index contributed by atoms with van der Waals surface area (Å²) in [6, 6.07) is 0. The first-order valence-electron chi connectivity index (χ1n) is 30.2. The van der Waals surface area contributed by atoms with Gasteiger partial charge >= 0.3 is 11.9 Å². The van der Waals surface area contributed by atoms with Crippen molar-refractivity contribution in [1.82, 2.24) is 0 Å². The predicted octanol–water partition coefficient (Wildman–Crippen LogP) is 10.6. The first-order valence-corrected chi connectivity index (χ1v) is 30.2. The minimum absolute atomic E-state index is 0.0929. The molecule has 0 spiro atoms. The lowest BCUT2D eigenvalue weighted by Crippen LogP contribution is -2.61. The largest absolute Gasteiger partial charge is 0.462 e. The number of carbonyl (C=O) groups excluding carboxylic acids is 2. The number of esters is 2. The number of aliphatic hydroxyl groups is 7. The van der Waals surface area contributed by atoms with Crippen molar-refractivity contribution in [2.45, 2.75) is 300 Å². The van der Waals surface area contributed by atoms with E-state index in [2.05, 4.69) is 56.4 Å². The van der Waals surface area contributed by atoms with Crippen LogP contribution < -0.4 is 0 Å². The van der Waals surface area contributed by atoms with Gasteiger partial charge < -0.3 is 64.2 Å². The van der Waals surface area contributed by atoms with Crippen LogP contribution in [0.2, 0.25) is 0 Å². The molecule has 2 aliphatic rings. The van der Waals surface area contributed by atoms with Gasteiger partial charge in [-0.3, -0.25) is 9.59 Å². The highest BCUT2D eigenvalue weighted by molar-refractivity contribution is 5.70. The molecule has 0 radical (unpaired) electrons. The smallest absolute Gasteiger partial charge is 0.306 e. The maximum atomic E-state index is 13.0.